The number of hydrogen-bond acceptors (Lipinski definition) is 3. The van der Waals surface area contributed by atoms with Crippen LogP contribution in [-0.2, 0) is 16.0 Å². The number of piperazine rings is 1. The summed E-state index contributed by atoms with van der Waals surface area (Å²) in [6.07, 6.45) is 4.83. The lowest BCUT2D eigenvalue weighted by Gasteiger charge is -2.38. The summed E-state index contributed by atoms with van der Waals surface area (Å²) in [5, 5.41) is 0. The molecule has 2 saturated heterocycles. The van der Waals surface area contributed by atoms with Crippen molar-refractivity contribution in [3.63, 3.8) is 0 Å². The van der Waals surface area contributed by atoms with E-state index in [1.165, 1.54) is 17.5 Å². The van der Waals surface area contributed by atoms with Gasteiger partial charge in [-0.3, -0.25) is 14.5 Å². The van der Waals surface area contributed by atoms with Crippen molar-refractivity contribution in [3.8, 4) is 0 Å². The van der Waals surface area contributed by atoms with Crippen LogP contribution in [0.2, 0.25) is 0 Å². The zero-order valence-electron chi connectivity index (χ0n) is 16.8. The summed E-state index contributed by atoms with van der Waals surface area (Å²) in [4.78, 5) is 31.3. The highest BCUT2D eigenvalue weighted by Gasteiger charge is 2.27. The normalized spacial score (nSPS) is 21.3. The fourth-order valence-corrected chi connectivity index (χ4v) is 4.07. The van der Waals surface area contributed by atoms with Crippen molar-refractivity contribution in [2.24, 2.45) is 0 Å². The molecule has 2 aliphatic rings. The van der Waals surface area contributed by atoms with Crippen molar-refractivity contribution in [3.05, 3.63) is 35.4 Å². The fourth-order valence-electron chi connectivity index (χ4n) is 4.07. The molecule has 148 valence electrons. The predicted molar refractivity (Wildman–Crippen MR) is 108 cm³/mol. The van der Waals surface area contributed by atoms with Gasteiger partial charge in [-0.25, -0.2) is 0 Å². The molecule has 0 aliphatic carbocycles. The molecule has 1 aromatic rings. The smallest absolute Gasteiger partial charge is 0.236 e. The summed E-state index contributed by atoms with van der Waals surface area (Å²) in [5.41, 5.74) is 2.46. The number of carbonyl (C=O) groups excluding carboxylic acids is 2. The van der Waals surface area contributed by atoms with Crippen LogP contribution in [-0.4, -0.2) is 71.8 Å². The summed E-state index contributed by atoms with van der Waals surface area (Å²) in [7, 11) is 0. The molecule has 1 unspecified atom stereocenters. The molecule has 0 saturated carbocycles. The zero-order chi connectivity index (χ0) is 19.2. The highest BCUT2D eigenvalue weighted by Crippen LogP contribution is 2.17. The third-order valence-corrected chi connectivity index (χ3v) is 5.96. The molecule has 5 heteroatoms. The minimum atomic E-state index is 0.228. The molecule has 0 aromatic heterocycles. The molecule has 1 aromatic carbocycles. The molecular formula is C22H33N3O2. The Morgan fingerprint density at radius 3 is 2.33 bits per heavy atom. The van der Waals surface area contributed by atoms with Crippen molar-refractivity contribution >= 4 is 11.8 Å². The minimum Gasteiger partial charge on any atom is -0.340 e. The number of carbonyl (C=O) groups is 2. The van der Waals surface area contributed by atoms with E-state index >= 15 is 0 Å². The third kappa shape index (κ3) is 5.55. The number of benzene rings is 1. The lowest BCUT2D eigenvalue weighted by molar-refractivity contribution is -0.137. The molecular weight excluding hydrogens is 338 g/mol. The first kappa shape index (κ1) is 19.9. The monoisotopic (exact) mass is 371 g/mol. The molecule has 1 atom stereocenters. The average molecular weight is 372 g/mol. The van der Waals surface area contributed by atoms with Crippen molar-refractivity contribution in [1.82, 2.24) is 14.7 Å². The first-order valence-corrected chi connectivity index (χ1v) is 10.4. The van der Waals surface area contributed by atoms with E-state index in [-0.39, 0.29) is 11.8 Å². The van der Waals surface area contributed by atoms with Crippen LogP contribution in [0.4, 0.5) is 0 Å². The molecule has 2 aliphatic heterocycles. The van der Waals surface area contributed by atoms with E-state index in [1.807, 2.05) is 9.80 Å². The van der Waals surface area contributed by atoms with Crippen LogP contribution in [0.5, 0.6) is 0 Å². The number of amides is 2. The Hall–Kier alpha value is -1.88. The third-order valence-electron chi connectivity index (χ3n) is 5.96. The van der Waals surface area contributed by atoms with Crippen LogP contribution in [0, 0.1) is 6.92 Å². The number of likely N-dealkylation sites (tertiary alicyclic amines) is 1. The van der Waals surface area contributed by atoms with Gasteiger partial charge in [0.2, 0.25) is 11.8 Å². The van der Waals surface area contributed by atoms with Crippen LogP contribution >= 0.6 is 0 Å². The highest BCUT2D eigenvalue weighted by atomic mass is 16.2. The Balaban J connectivity index is 1.39. The van der Waals surface area contributed by atoms with Crippen LogP contribution in [0.1, 0.15) is 43.7 Å². The molecule has 27 heavy (non-hydrogen) atoms. The Kier molecular flexibility index (Phi) is 6.89. The molecule has 0 bridgehead atoms. The second-order valence-electron chi connectivity index (χ2n) is 8.07. The van der Waals surface area contributed by atoms with Crippen molar-refractivity contribution in [2.45, 2.75) is 52.0 Å². The van der Waals surface area contributed by atoms with Gasteiger partial charge in [0.1, 0.15) is 0 Å². The van der Waals surface area contributed by atoms with Crippen LogP contribution in [0.15, 0.2) is 24.3 Å². The zero-order valence-corrected chi connectivity index (χ0v) is 16.8. The second-order valence-corrected chi connectivity index (χ2v) is 8.07. The van der Waals surface area contributed by atoms with E-state index in [0.717, 1.165) is 52.0 Å². The molecule has 2 amide bonds. The number of hydrogen-bond donors (Lipinski definition) is 0. The largest absolute Gasteiger partial charge is 0.340 e. The number of nitrogens with zero attached hydrogens (tertiary/aromatic N) is 3. The van der Waals surface area contributed by atoms with E-state index in [1.54, 1.807) is 0 Å². The van der Waals surface area contributed by atoms with Gasteiger partial charge in [-0.1, -0.05) is 29.8 Å². The number of aryl methyl sites for hydroxylation is 2. The number of piperidine rings is 1. The maximum Gasteiger partial charge on any atom is 0.236 e. The molecule has 3 rings (SSSR count). The van der Waals surface area contributed by atoms with Crippen molar-refractivity contribution in [2.75, 3.05) is 39.3 Å². The fraction of sp³-hybridized carbons (Fsp3) is 0.636. The summed E-state index contributed by atoms with van der Waals surface area (Å²) >= 11 is 0. The summed E-state index contributed by atoms with van der Waals surface area (Å²) in [5.74, 6) is 0.479. The van der Waals surface area contributed by atoms with Gasteiger partial charge in [-0.05, 0) is 45.1 Å². The summed E-state index contributed by atoms with van der Waals surface area (Å²) in [6, 6.07) is 8.77. The standard InChI is InChI=1S/C22H33N3O2/c1-18-6-8-20(9-7-18)10-11-21(26)24-15-13-23(14-16-24)17-22(27)25-12-4-3-5-19(25)2/h6-9,19H,3-5,10-17H2,1-2H3. The maximum absolute atomic E-state index is 12.6. The van der Waals surface area contributed by atoms with E-state index in [4.69, 9.17) is 0 Å². The quantitative estimate of drug-likeness (QED) is 0.799. The van der Waals surface area contributed by atoms with Gasteiger partial charge in [0.25, 0.3) is 0 Å². The molecule has 5 nitrogen and oxygen atoms in total. The van der Waals surface area contributed by atoms with E-state index in [9.17, 15) is 9.59 Å². The molecule has 0 spiro atoms. The maximum atomic E-state index is 12.6. The predicted octanol–water partition coefficient (Wildman–Crippen LogP) is 2.47. The molecule has 0 radical (unpaired) electrons. The highest BCUT2D eigenvalue weighted by molar-refractivity contribution is 5.79. The minimum absolute atomic E-state index is 0.228. The van der Waals surface area contributed by atoms with Crippen LogP contribution < -0.4 is 0 Å². The Morgan fingerprint density at radius 1 is 0.963 bits per heavy atom. The average Bonchev–Trinajstić information content (AvgIpc) is 2.68. The van der Waals surface area contributed by atoms with Crippen LogP contribution in [0.3, 0.4) is 0 Å². The lowest BCUT2D eigenvalue weighted by atomic mass is 10.0. The topological polar surface area (TPSA) is 43.9 Å². The van der Waals surface area contributed by atoms with Crippen molar-refractivity contribution in [1.29, 1.82) is 0 Å². The van der Waals surface area contributed by atoms with E-state index < -0.39 is 0 Å². The van der Waals surface area contributed by atoms with E-state index in [2.05, 4.69) is 43.0 Å². The van der Waals surface area contributed by atoms with Gasteiger partial charge >= 0.3 is 0 Å². The first-order valence-electron chi connectivity index (χ1n) is 10.4. The Labute approximate surface area is 163 Å². The van der Waals surface area contributed by atoms with Gasteiger partial charge in [0.05, 0.1) is 6.54 Å². The van der Waals surface area contributed by atoms with Gasteiger partial charge in [-0.2, -0.15) is 0 Å². The second kappa shape index (κ2) is 9.36. The summed E-state index contributed by atoms with van der Waals surface area (Å²) < 4.78 is 0. The summed E-state index contributed by atoms with van der Waals surface area (Å²) in [6.45, 7) is 8.68. The number of rotatable bonds is 5. The molecule has 2 fully saturated rings. The molecule has 2 heterocycles. The lowest BCUT2D eigenvalue weighted by Crippen LogP contribution is -2.53. The van der Waals surface area contributed by atoms with Crippen molar-refractivity contribution < 1.29 is 9.59 Å². The molecule has 0 N–H and O–H groups in total. The Bertz CT molecular complexity index is 635. The first-order chi connectivity index (χ1) is 13.0. The Morgan fingerprint density at radius 2 is 1.67 bits per heavy atom. The van der Waals surface area contributed by atoms with Crippen LogP contribution in [0.25, 0.3) is 0 Å². The van der Waals surface area contributed by atoms with Gasteiger partial charge in [-0.15, -0.1) is 0 Å². The SMILES string of the molecule is Cc1ccc(CCC(=O)N2CCN(CC(=O)N3CCCCC3C)CC2)cc1. The van der Waals surface area contributed by atoms with Gasteiger partial charge < -0.3 is 9.80 Å². The van der Waals surface area contributed by atoms with Gasteiger partial charge in [0, 0.05) is 45.2 Å². The van der Waals surface area contributed by atoms with Gasteiger partial charge in [0.15, 0.2) is 0 Å². The van der Waals surface area contributed by atoms with E-state index in [0.29, 0.717) is 19.0 Å².